The molecule has 3 heteroatoms. The maximum absolute atomic E-state index is 10.6. The minimum absolute atomic E-state index is 0.111. The SMILES string of the molecule is C[C@@H](N)CC1=CC(C(=O)O)=CCC1. The molecule has 0 saturated carbocycles. The van der Waals surface area contributed by atoms with Crippen molar-refractivity contribution in [3.8, 4) is 0 Å². The van der Waals surface area contributed by atoms with E-state index in [4.69, 9.17) is 10.8 Å². The molecule has 3 nitrogen and oxygen atoms in total. The Kier molecular flexibility index (Phi) is 3.25. The first-order valence-corrected chi connectivity index (χ1v) is 4.48. The lowest BCUT2D eigenvalue weighted by Gasteiger charge is -2.13. The second-order valence-electron chi connectivity index (χ2n) is 3.49. The summed E-state index contributed by atoms with van der Waals surface area (Å²) in [4.78, 5) is 10.6. The molecular weight excluding hydrogens is 166 g/mol. The maximum Gasteiger partial charge on any atom is 0.335 e. The lowest BCUT2D eigenvalue weighted by Crippen LogP contribution is -2.16. The van der Waals surface area contributed by atoms with Crippen LogP contribution in [0.3, 0.4) is 0 Å². The van der Waals surface area contributed by atoms with Crippen LogP contribution in [0.2, 0.25) is 0 Å². The maximum atomic E-state index is 10.6. The molecule has 0 radical (unpaired) electrons. The van der Waals surface area contributed by atoms with Crippen molar-refractivity contribution in [1.29, 1.82) is 0 Å². The van der Waals surface area contributed by atoms with Crippen molar-refractivity contribution >= 4 is 5.97 Å². The highest BCUT2D eigenvalue weighted by Gasteiger charge is 2.11. The summed E-state index contributed by atoms with van der Waals surface area (Å²) in [7, 11) is 0. The molecule has 1 rings (SSSR count). The van der Waals surface area contributed by atoms with E-state index in [0.29, 0.717) is 5.57 Å². The number of allylic oxidation sites excluding steroid dienone is 1. The Morgan fingerprint density at radius 3 is 3.00 bits per heavy atom. The first kappa shape index (κ1) is 9.99. The summed E-state index contributed by atoms with van der Waals surface area (Å²) >= 11 is 0. The molecule has 0 unspecified atom stereocenters. The largest absolute Gasteiger partial charge is 0.478 e. The van der Waals surface area contributed by atoms with Crippen LogP contribution in [0, 0.1) is 0 Å². The van der Waals surface area contributed by atoms with Crippen molar-refractivity contribution < 1.29 is 9.90 Å². The van der Waals surface area contributed by atoms with Crippen molar-refractivity contribution in [2.45, 2.75) is 32.2 Å². The fourth-order valence-electron chi connectivity index (χ4n) is 1.49. The molecule has 0 amide bonds. The van der Waals surface area contributed by atoms with Gasteiger partial charge in [-0.05, 0) is 32.3 Å². The van der Waals surface area contributed by atoms with Gasteiger partial charge >= 0.3 is 5.97 Å². The summed E-state index contributed by atoms with van der Waals surface area (Å²) in [5.74, 6) is -0.845. The number of hydrogen-bond donors (Lipinski definition) is 2. The van der Waals surface area contributed by atoms with Crippen molar-refractivity contribution in [2.24, 2.45) is 5.73 Å². The van der Waals surface area contributed by atoms with E-state index < -0.39 is 5.97 Å². The highest BCUT2D eigenvalue weighted by atomic mass is 16.4. The van der Waals surface area contributed by atoms with E-state index in [1.54, 1.807) is 12.2 Å². The second-order valence-corrected chi connectivity index (χ2v) is 3.49. The van der Waals surface area contributed by atoms with Gasteiger partial charge in [0.15, 0.2) is 0 Å². The molecule has 0 heterocycles. The second kappa shape index (κ2) is 4.23. The van der Waals surface area contributed by atoms with Gasteiger partial charge in [0.25, 0.3) is 0 Å². The minimum atomic E-state index is -0.845. The number of carbonyl (C=O) groups is 1. The van der Waals surface area contributed by atoms with Gasteiger partial charge in [0.05, 0.1) is 5.57 Å². The molecule has 72 valence electrons. The van der Waals surface area contributed by atoms with E-state index in [9.17, 15) is 4.79 Å². The zero-order valence-corrected chi connectivity index (χ0v) is 7.79. The third-order valence-electron chi connectivity index (χ3n) is 2.02. The highest BCUT2D eigenvalue weighted by molar-refractivity contribution is 5.90. The van der Waals surface area contributed by atoms with Gasteiger partial charge in [-0.2, -0.15) is 0 Å². The van der Waals surface area contributed by atoms with Gasteiger partial charge in [-0.1, -0.05) is 11.6 Å². The van der Waals surface area contributed by atoms with Gasteiger partial charge in [0.2, 0.25) is 0 Å². The van der Waals surface area contributed by atoms with Crippen LogP contribution in [0.4, 0.5) is 0 Å². The molecule has 0 aromatic heterocycles. The summed E-state index contributed by atoms with van der Waals surface area (Å²) < 4.78 is 0. The van der Waals surface area contributed by atoms with E-state index in [-0.39, 0.29) is 6.04 Å². The van der Waals surface area contributed by atoms with E-state index in [1.165, 1.54) is 0 Å². The van der Waals surface area contributed by atoms with E-state index in [2.05, 4.69) is 0 Å². The molecule has 0 fully saturated rings. The molecule has 0 aromatic rings. The number of carboxylic acids is 1. The summed E-state index contributed by atoms with van der Waals surface area (Å²) in [6.07, 6.45) is 6.06. The van der Waals surface area contributed by atoms with Gasteiger partial charge < -0.3 is 10.8 Å². The van der Waals surface area contributed by atoms with Gasteiger partial charge in [-0.25, -0.2) is 4.79 Å². The standard InChI is InChI=1S/C10H15NO2/c1-7(11)5-8-3-2-4-9(6-8)10(12)13/h4,6-7H,2-3,5,11H2,1H3,(H,12,13)/t7-/m1/s1. The number of hydrogen-bond acceptors (Lipinski definition) is 2. The zero-order valence-electron chi connectivity index (χ0n) is 7.79. The van der Waals surface area contributed by atoms with Gasteiger partial charge in [-0.3, -0.25) is 0 Å². The molecule has 13 heavy (non-hydrogen) atoms. The first-order chi connectivity index (χ1) is 6.09. The third-order valence-corrected chi connectivity index (χ3v) is 2.02. The Bertz CT molecular complexity index is 264. The number of aliphatic carboxylic acids is 1. The Labute approximate surface area is 77.9 Å². The first-order valence-electron chi connectivity index (χ1n) is 4.48. The van der Waals surface area contributed by atoms with Crippen molar-refractivity contribution in [1.82, 2.24) is 0 Å². The minimum Gasteiger partial charge on any atom is -0.478 e. The molecule has 0 aliphatic heterocycles. The summed E-state index contributed by atoms with van der Waals surface area (Å²) in [5, 5.41) is 8.75. The topological polar surface area (TPSA) is 63.3 Å². The van der Waals surface area contributed by atoms with Crippen molar-refractivity contribution in [2.75, 3.05) is 0 Å². The summed E-state index contributed by atoms with van der Waals surface area (Å²) in [6, 6.07) is 0.111. The smallest absolute Gasteiger partial charge is 0.335 e. The number of rotatable bonds is 3. The Morgan fingerprint density at radius 1 is 1.77 bits per heavy atom. The van der Waals surface area contributed by atoms with Crippen molar-refractivity contribution in [3.63, 3.8) is 0 Å². The molecule has 0 aromatic carbocycles. The van der Waals surface area contributed by atoms with Crippen LogP contribution >= 0.6 is 0 Å². The van der Waals surface area contributed by atoms with Gasteiger partial charge in [0.1, 0.15) is 0 Å². The summed E-state index contributed by atoms with van der Waals surface area (Å²) in [5.41, 5.74) is 7.19. The lowest BCUT2D eigenvalue weighted by atomic mass is 9.95. The molecule has 1 atom stereocenters. The Balaban J connectivity index is 2.67. The normalized spacial score (nSPS) is 18.9. The molecule has 0 spiro atoms. The van der Waals surface area contributed by atoms with Crippen LogP contribution in [0.1, 0.15) is 26.2 Å². The van der Waals surface area contributed by atoms with Gasteiger partial charge in [-0.15, -0.1) is 0 Å². The molecule has 1 aliphatic rings. The van der Waals surface area contributed by atoms with Crippen LogP contribution in [-0.4, -0.2) is 17.1 Å². The molecule has 0 bridgehead atoms. The average molecular weight is 181 g/mol. The highest BCUT2D eigenvalue weighted by Crippen LogP contribution is 2.20. The quantitative estimate of drug-likeness (QED) is 0.692. The summed E-state index contributed by atoms with van der Waals surface area (Å²) in [6.45, 7) is 1.93. The molecular formula is C10H15NO2. The van der Waals surface area contributed by atoms with E-state index >= 15 is 0 Å². The van der Waals surface area contributed by atoms with Crippen molar-refractivity contribution in [3.05, 3.63) is 23.3 Å². The monoisotopic (exact) mass is 181 g/mol. The van der Waals surface area contributed by atoms with E-state index in [1.807, 2.05) is 6.92 Å². The van der Waals surface area contributed by atoms with Crippen LogP contribution < -0.4 is 5.73 Å². The Morgan fingerprint density at radius 2 is 2.46 bits per heavy atom. The predicted molar refractivity (Wildman–Crippen MR) is 51.3 cm³/mol. The van der Waals surface area contributed by atoms with Crippen LogP contribution in [0.15, 0.2) is 23.3 Å². The lowest BCUT2D eigenvalue weighted by molar-refractivity contribution is -0.132. The average Bonchev–Trinajstić information content (AvgIpc) is 2.03. The van der Waals surface area contributed by atoms with Crippen LogP contribution in [0.25, 0.3) is 0 Å². The zero-order chi connectivity index (χ0) is 9.84. The number of carboxylic acid groups (broad SMARTS) is 1. The molecule has 1 aliphatic carbocycles. The predicted octanol–water partition coefficient (Wildman–Crippen LogP) is 1.45. The third kappa shape index (κ3) is 3.03. The molecule has 0 saturated heterocycles. The van der Waals surface area contributed by atoms with Crippen LogP contribution in [0.5, 0.6) is 0 Å². The molecule has 3 N–H and O–H groups in total. The fraction of sp³-hybridized carbons (Fsp3) is 0.500. The Hall–Kier alpha value is -1.09. The van der Waals surface area contributed by atoms with Crippen LogP contribution in [-0.2, 0) is 4.79 Å². The number of nitrogens with two attached hydrogens (primary N) is 1. The van der Waals surface area contributed by atoms with E-state index in [0.717, 1.165) is 24.8 Å². The van der Waals surface area contributed by atoms with Gasteiger partial charge in [0, 0.05) is 6.04 Å². The fourth-order valence-corrected chi connectivity index (χ4v) is 1.49.